The van der Waals surface area contributed by atoms with Crippen molar-refractivity contribution in [3.63, 3.8) is 0 Å². The molecule has 3 aliphatic rings. The summed E-state index contributed by atoms with van der Waals surface area (Å²) >= 11 is 1.49. The number of anilines is 1. The zero-order valence-corrected chi connectivity index (χ0v) is 32.6. The van der Waals surface area contributed by atoms with Gasteiger partial charge in [-0.05, 0) is 94.6 Å². The second-order valence-electron chi connectivity index (χ2n) is 14.0. The summed E-state index contributed by atoms with van der Waals surface area (Å²) in [7, 11) is 1.77. The van der Waals surface area contributed by atoms with Gasteiger partial charge in [0.15, 0.2) is 0 Å². The molecule has 0 bridgehead atoms. The summed E-state index contributed by atoms with van der Waals surface area (Å²) in [5.74, 6) is 0.325. The Morgan fingerprint density at radius 2 is 1.66 bits per heavy atom. The minimum Gasteiger partial charge on any atom is -0.378 e. The zero-order chi connectivity index (χ0) is 38.6. The molecule has 13 nitrogen and oxygen atoms in total. The first kappa shape index (κ1) is 43.9. The average molecular weight is 759 g/mol. The van der Waals surface area contributed by atoms with Crippen LogP contribution in [0.4, 0.5) is 5.69 Å². The number of amides is 6. The van der Waals surface area contributed by atoms with Crippen LogP contribution in [0.2, 0.25) is 0 Å². The molecule has 0 aromatic heterocycles. The number of rotatable bonds is 21. The first-order chi connectivity index (χ1) is 25.6. The lowest BCUT2D eigenvalue weighted by molar-refractivity contribution is -0.138. The smallest absolute Gasteiger partial charge is 0.246 e. The maximum Gasteiger partial charge on any atom is 0.246 e. The van der Waals surface area contributed by atoms with Crippen molar-refractivity contribution in [2.45, 2.75) is 134 Å². The van der Waals surface area contributed by atoms with Gasteiger partial charge in [0, 0.05) is 38.0 Å². The molecule has 0 spiro atoms. The molecule has 1 saturated carbocycles. The quantitative estimate of drug-likeness (QED) is 0.0616. The van der Waals surface area contributed by atoms with Crippen LogP contribution in [-0.4, -0.2) is 94.9 Å². The van der Waals surface area contributed by atoms with Crippen LogP contribution in [0.15, 0.2) is 30.3 Å². The number of aliphatic hydroxyl groups excluding tert-OH is 1. The predicted molar refractivity (Wildman–Crippen MR) is 208 cm³/mol. The molecule has 1 aromatic carbocycles. The lowest BCUT2D eigenvalue weighted by Crippen LogP contribution is -2.50. The third-order valence-corrected chi connectivity index (χ3v) is 11.4. The molecular weight excluding hydrogens is 697 g/mol. The molecule has 3 fully saturated rings. The van der Waals surface area contributed by atoms with Gasteiger partial charge in [-0.25, -0.2) is 0 Å². The standard InChI is InChI=1S/C37H56N6O7S.C2H6/c1-38-34(47)26-17-15-25(16-18-26)24-39-31(44)14-8-3-9-21-43-33(46)23-30(37(43)50)51-22-10-4-7-13-28(35(48)40-27-11-5-2-6-12-27)42-36(49)29-19-20-32(45)41-29;1-2/h2,5-6,11-12,25-26,28-30,34,38,47H,3-4,7-10,13-24H2,1H3,(H,39,44)(H,40,48)(H,41,45)(H,42,49);1-2H3/t25?,26?,28-,29+,30?,34?;/m0./s1. The second-order valence-corrected chi connectivity index (χ2v) is 15.3. The SMILES string of the molecule is CC.CNC(O)C1CCC(CNC(=O)CCCCCN2C(=O)CC(SCCCCC[C@H](NC(=O)[C@H]3CCC(=O)N3)C(=O)Nc3ccccc3)C2=O)CC1. The Labute approximate surface area is 319 Å². The number of carbonyl (C=O) groups excluding carboxylic acids is 6. The van der Waals surface area contributed by atoms with Gasteiger partial charge in [0.2, 0.25) is 35.4 Å². The van der Waals surface area contributed by atoms with Gasteiger partial charge in [-0.3, -0.25) is 39.0 Å². The van der Waals surface area contributed by atoms with E-state index >= 15 is 0 Å². The van der Waals surface area contributed by atoms with E-state index < -0.39 is 18.3 Å². The number of unbranched alkanes of at least 4 members (excludes halogenated alkanes) is 4. The van der Waals surface area contributed by atoms with Crippen molar-refractivity contribution in [2.24, 2.45) is 11.8 Å². The highest BCUT2D eigenvalue weighted by molar-refractivity contribution is 8.00. The Hall–Kier alpha value is -3.49. The van der Waals surface area contributed by atoms with Crippen LogP contribution in [0.25, 0.3) is 0 Å². The molecule has 53 heavy (non-hydrogen) atoms. The average Bonchev–Trinajstić information content (AvgIpc) is 3.73. The molecule has 2 aliphatic heterocycles. The number of benzene rings is 1. The van der Waals surface area contributed by atoms with E-state index in [1.54, 1.807) is 19.2 Å². The maximum atomic E-state index is 13.1. The van der Waals surface area contributed by atoms with Crippen molar-refractivity contribution in [3.8, 4) is 0 Å². The lowest BCUT2D eigenvalue weighted by atomic mass is 9.81. The molecule has 14 heteroatoms. The fourth-order valence-corrected chi connectivity index (χ4v) is 8.18. The molecule has 2 heterocycles. The number of thioether (sulfide) groups is 1. The summed E-state index contributed by atoms with van der Waals surface area (Å²) in [4.78, 5) is 76.7. The minimum atomic E-state index is -0.755. The van der Waals surface area contributed by atoms with E-state index in [2.05, 4.69) is 26.6 Å². The largest absolute Gasteiger partial charge is 0.378 e. The van der Waals surface area contributed by atoms with Gasteiger partial charge in [-0.2, -0.15) is 0 Å². The van der Waals surface area contributed by atoms with Gasteiger partial charge in [-0.1, -0.05) is 51.3 Å². The third-order valence-electron chi connectivity index (χ3n) is 10.2. The summed E-state index contributed by atoms with van der Waals surface area (Å²) in [6, 6.07) is 7.64. The van der Waals surface area contributed by atoms with Crippen LogP contribution in [0.1, 0.15) is 110 Å². The number of para-hydroxylation sites is 1. The fraction of sp³-hybridized carbons (Fsp3) is 0.692. The first-order valence-corrected chi connectivity index (χ1v) is 20.7. The Morgan fingerprint density at radius 1 is 0.943 bits per heavy atom. The van der Waals surface area contributed by atoms with Crippen LogP contribution in [0, 0.1) is 11.8 Å². The second kappa shape index (κ2) is 24.0. The third kappa shape index (κ3) is 15.0. The number of nitrogens with zero attached hydrogens (tertiary/aromatic N) is 1. The molecule has 1 aliphatic carbocycles. The van der Waals surface area contributed by atoms with Gasteiger partial charge >= 0.3 is 0 Å². The Morgan fingerprint density at radius 3 is 2.34 bits per heavy atom. The van der Waals surface area contributed by atoms with Gasteiger partial charge in [-0.15, -0.1) is 11.8 Å². The zero-order valence-electron chi connectivity index (χ0n) is 31.8. The molecule has 4 rings (SSSR count). The molecule has 0 radical (unpaired) electrons. The first-order valence-electron chi connectivity index (χ1n) is 19.7. The number of hydrogen-bond acceptors (Lipinski definition) is 9. The van der Waals surface area contributed by atoms with Crippen LogP contribution in [-0.2, 0) is 28.8 Å². The Bertz CT molecular complexity index is 1330. The molecule has 296 valence electrons. The fourth-order valence-electron chi connectivity index (χ4n) is 7.00. The number of aliphatic hydroxyl groups is 1. The van der Waals surface area contributed by atoms with Gasteiger partial charge in [0.05, 0.1) is 5.25 Å². The number of nitrogens with one attached hydrogen (secondary N) is 5. The van der Waals surface area contributed by atoms with Gasteiger partial charge in [0.1, 0.15) is 18.3 Å². The van der Waals surface area contributed by atoms with Crippen molar-refractivity contribution in [2.75, 3.05) is 31.2 Å². The Balaban J connectivity index is 0.00000372. The van der Waals surface area contributed by atoms with Crippen LogP contribution in [0.3, 0.4) is 0 Å². The van der Waals surface area contributed by atoms with Crippen molar-refractivity contribution in [1.82, 2.24) is 26.2 Å². The van der Waals surface area contributed by atoms with Crippen LogP contribution >= 0.6 is 11.8 Å². The van der Waals surface area contributed by atoms with Gasteiger partial charge < -0.3 is 26.4 Å². The summed E-state index contributed by atoms with van der Waals surface area (Å²) in [5, 5.41) is 23.8. The van der Waals surface area contributed by atoms with Crippen molar-refractivity contribution < 1.29 is 33.9 Å². The normalized spacial score (nSPS) is 22.3. The van der Waals surface area contributed by atoms with Crippen molar-refractivity contribution in [1.29, 1.82) is 0 Å². The van der Waals surface area contributed by atoms with E-state index in [1.807, 2.05) is 32.0 Å². The lowest BCUT2D eigenvalue weighted by Gasteiger charge is -2.31. The predicted octanol–water partition coefficient (Wildman–Crippen LogP) is 3.86. The van der Waals surface area contributed by atoms with E-state index in [0.717, 1.165) is 44.9 Å². The molecule has 6 amide bonds. The summed E-state index contributed by atoms with van der Waals surface area (Å²) in [5.41, 5.74) is 0.632. The van der Waals surface area contributed by atoms with E-state index in [1.165, 1.54) is 16.7 Å². The van der Waals surface area contributed by atoms with E-state index in [0.29, 0.717) is 69.0 Å². The minimum absolute atomic E-state index is 0.0342. The highest BCUT2D eigenvalue weighted by Gasteiger charge is 2.38. The van der Waals surface area contributed by atoms with Crippen molar-refractivity contribution in [3.05, 3.63) is 30.3 Å². The number of imide groups is 1. The number of likely N-dealkylation sites (tertiary alicyclic amines) is 1. The molecule has 1 aromatic rings. The Kier molecular flexibility index (Phi) is 19.9. The summed E-state index contributed by atoms with van der Waals surface area (Å²) < 4.78 is 0. The number of hydrogen-bond donors (Lipinski definition) is 6. The van der Waals surface area contributed by atoms with E-state index in [9.17, 15) is 33.9 Å². The molecule has 4 atom stereocenters. The summed E-state index contributed by atoms with van der Waals surface area (Å²) in [6.07, 6.45) is 9.60. The van der Waals surface area contributed by atoms with Gasteiger partial charge in [0.25, 0.3) is 0 Å². The van der Waals surface area contributed by atoms with Crippen LogP contribution < -0.4 is 26.6 Å². The number of carbonyl (C=O) groups is 6. The topological polar surface area (TPSA) is 186 Å². The highest BCUT2D eigenvalue weighted by atomic mass is 32.2. The summed E-state index contributed by atoms with van der Waals surface area (Å²) in [6.45, 7) is 5.05. The highest BCUT2D eigenvalue weighted by Crippen LogP contribution is 2.30. The van der Waals surface area contributed by atoms with E-state index in [4.69, 9.17) is 0 Å². The molecule has 2 saturated heterocycles. The molecular formula is C39H62N6O7S. The van der Waals surface area contributed by atoms with E-state index in [-0.39, 0.29) is 59.5 Å². The molecule has 2 unspecified atom stereocenters. The monoisotopic (exact) mass is 758 g/mol. The molecule has 6 N–H and O–H groups in total. The maximum absolute atomic E-state index is 13.1. The van der Waals surface area contributed by atoms with Crippen molar-refractivity contribution >= 4 is 52.9 Å². The van der Waals surface area contributed by atoms with Crippen LogP contribution in [0.5, 0.6) is 0 Å².